The van der Waals surface area contributed by atoms with Crippen molar-refractivity contribution in [3.8, 4) is 11.5 Å². The minimum absolute atomic E-state index is 0.0182. The van der Waals surface area contributed by atoms with Crippen LogP contribution in [0.1, 0.15) is 32.6 Å². The van der Waals surface area contributed by atoms with Gasteiger partial charge in [-0.2, -0.15) is 47.5 Å². The van der Waals surface area contributed by atoms with E-state index >= 15 is 0 Å². The Morgan fingerprint density at radius 3 is 1.45 bits per heavy atom. The molecule has 8 aromatic carbocycles. The lowest BCUT2D eigenvalue weighted by Gasteiger charge is -2.09. The third-order valence-electron chi connectivity index (χ3n) is 10.8. The summed E-state index contributed by atoms with van der Waals surface area (Å²) in [6.45, 7) is 7.31. The number of phenolic OH excluding ortho intramolecular Hbond substituents is 2. The molecule has 1 amide bonds. The quantitative estimate of drug-likeness (QED) is 0.0560. The average Bonchev–Trinajstić information content (AvgIpc) is 3.34. The first kappa shape index (κ1) is 57.1. The molecule has 0 saturated heterocycles. The van der Waals surface area contributed by atoms with Gasteiger partial charge < -0.3 is 15.5 Å². The van der Waals surface area contributed by atoms with Gasteiger partial charge in [-0.25, -0.2) is 0 Å². The molecular weight excluding hydrogens is 1080 g/mol. The van der Waals surface area contributed by atoms with Gasteiger partial charge in [0.25, 0.3) is 26.1 Å². The molecule has 8 aromatic rings. The Morgan fingerprint density at radius 2 is 0.909 bits per heavy atom. The highest BCUT2D eigenvalue weighted by Crippen LogP contribution is 2.39. The van der Waals surface area contributed by atoms with Crippen LogP contribution >= 0.6 is 0 Å². The smallest absolute Gasteiger partial charge is 0.425 e. The van der Waals surface area contributed by atoms with Crippen LogP contribution in [0.2, 0.25) is 0 Å². The van der Waals surface area contributed by atoms with E-state index in [9.17, 15) is 40.9 Å². The molecule has 0 fully saturated rings. The van der Waals surface area contributed by atoms with Gasteiger partial charge in [0.2, 0.25) is 0 Å². The maximum absolute atomic E-state index is 12.7. The van der Waals surface area contributed by atoms with Gasteiger partial charge in [-0.15, -0.1) is 35.5 Å². The molecule has 0 heterocycles. The second-order valence-electron chi connectivity index (χ2n) is 16.2. The summed E-state index contributed by atoms with van der Waals surface area (Å²) in [5.41, 5.74) is 6.60. The Hall–Kier alpha value is -9.19. The van der Waals surface area contributed by atoms with Crippen molar-refractivity contribution in [2.45, 2.75) is 37.5 Å². The number of rotatable bonds is 12. The van der Waals surface area contributed by atoms with Crippen molar-refractivity contribution in [2.24, 2.45) is 40.9 Å². The number of amides is 1. The number of carbonyl (C=O) groups excluding carboxylic acids is 1. The zero-order valence-electron chi connectivity index (χ0n) is 40.2. The Labute approximate surface area is 440 Å². The molecule has 0 unspecified atom stereocenters. The van der Waals surface area contributed by atoms with E-state index in [0.29, 0.717) is 56.1 Å². The van der Waals surface area contributed by atoms with Gasteiger partial charge in [0.05, 0.1) is 39.7 Å². The first-order chi connectivity index (χ1) is 36.3. The summed E-state index contributed by atoms with van der Waals surface area (Å²) >= 11 is 0. The molecule has 0 bridgehead atoms. The fraction of sp³-hybridized carbons (Fsp3) is 0.0816. The van der Waals surface area contributed by atoms with Crippen molar-refractivity contribution in [3.63, 3.8) is 0 Å². The average molecular weight is 1120 g/mol. The molecule has 77 heavy (non-hydrogen) atoms. The van der Waals surface area contributed by atoms with Crippen molar-refractivity contribution in [3.05, 3.63) is 161 Å². The number of anilines is 1. The predicted octanol–water partition coefficient (Wildman–Crippen LogP) is 12.0. The van der Waals surface area contributed by atoms with Crippen molar-refractivity contribution in [1.82, 2.24) is 0 Å². The van der Waals surface area contributed by atoms with E-state index in [1.807, 2.05) is 39.0 Å². The number of fused-ring (bicyclic) bond motifs is 2. The highest BCUT2D eigenvalue weighted by molar-refractivity contribution is 7.86. The molecule has 0 atom stereocenters. The number of carbonyl (C=O) groups is 1. The zero-order valence-corrected chi connectivity index (χ0v) is 43.5. The fourth-order valence-electron chi connectivity index (χ4n) is 7.17. The number of hydrogen-bond acceptors (Lipinski definition) is 21. The maximum Gasteiger partial charge on any atom is 0.425 e. The summed E-state index contributed by atoms with van der Waals surface area (Å²) < 4.78 is 119. The molecule has 8 rings (SSSR count). The molecule has 394 valence electrons. The van der Waals surface area contributed by atoms with Crippen molar-refractivity contribution in [1.29, 1.82) is 0 Å². The maximum atomic E-state index is 12.7. The van der Waals surface area contributed by atoms with Gasteiger partial charge in [0.15, 0.2) is 5.75 Å². The first-order valence-electron chi connectivity index (χ1n) is 21.7. The molecule has 24 nitrogen and oxygen atoms in total. The van der Waals surface area contributed by atoms with Gasteiger partial charge in [-0.3, -0.25) is 13.9 Å². The number of nitrogens with zero attached hydrogens (tertiary/aromatic N) is 8. The van der Waals surface area contributed by atoms with Crippen LogP contribution in [0.4, 0.5) is 51.2 Å². The minimum Gasteiger partial charge on any atom is -0.507 e. The lowest BCUT2D eigenvalue weighted by molar-refractivity contribution is 0.102. The molecular formula is C49H39N9O15S4. The Balaban J connectivity index is 0.00000112. The monoisotopic (exact) mass is 1120 g/mol. The fourth-order valence-corrected chi connectivity index (χ4v) is 8.51. The van der Waals surface area contributed by atoms with Gasteiger partial charge in [-0.05, 0) is 164 Å². The van der Waals surface area contributed by atoms with Crippen LogP contribution in [0.3, 0.4) is 0 Å². The molecule has 0 aliphatic rings. The van der Waals surface area contributed by atoms with Crippen LogP contribution in [0.15, 0.2) is 184 Å². The van der Waals surface area contributed by atoms with Crippen LogP contribution in [-0.4, -0.2) is 67.3 Å². The van der Waals surface area contributed by atoms with Crippen molar-refractivity contribution >= 4 is 120 Å². The standard InChI is InChI=1S/C49H39N9O9S2.2O3S/c1-27-20-35(14-18-39(27)53-51-34-15-19-40(28(2)21-34)54-58-44-26-38-31(25-47(44)69(65,66)67)8-7-11-46(38)68(62,63)64)52-56-42-22-30(4)43(23-29(42)3)57-55-41-17-12-32-24-33(13-16-36(32)48(41)60)50-49(61)37-9-5-6-10-45(37)59;2*1-4(2)3/h5-26,59-60H,1-4H3,(H,50,61)(H,62,63,64)(H,65,66,67);;. The third-order valence-corrected chi connectivity index (χ3v) is 12.6. The topological polar surface area (TPSA) is 380 Å². The zero-order chi connectivity index (χ0) is 56.4. The van der Waals surface area contributed by atoms with Crippen molar-refractivity contribution in [2.75, 3.05) is 5.32 Å². The molecule has 0 aliphatic heterocycles. The summed E-state index contributed by atoms with van der Waals surface area (Å²) in [6.07, 6.45) is 0. The molecule has 0 saturated carbocycles. The van der Waals surface area contributed by atoms with Crippen LogP contribution in [-0.2, 0) is 41.5 Å². The molecule has 5 N–H and O–H groups in total. The van der Waals surface area contributed by atoms with Crippen LogP contribution in [0.25, 0.3) is 21.5 Å². The molecule has 0 radical (unpaired) electrons. The van der Waals surface area contributed by atoms with Gasteiger partial charge >= 0.3 is 21.2 Å². The number of aromatic hydroxyl groups is 2. The summed E-state index contributed by atoms with van der Waals surface area (Å²) in [6, 6.07) is 34.6. The Kier molecular flexibility index (Phi) is 18.1. The number of phenols is 2. The number of para-hydroxylation sites is 1. The summed E-state index contributed by atoms with van der Waals surface area (Å²) in [4.78, 5) is 11.6. The second-order valence-corrected chi connectivity index (χ2v) is 19.8. The minimum atomic E-state index is -4.80. The summed E-state index contributed by atoms with van der Waals surface area (Å²) in [7, 11) is -15.7. The van der Waals surface area contributed by atoms with E-state index in [1.54, 1.807) is 79.7 Å². The van der Waals surface area contributed by atoms with Gasteiger partial charge in [-0.1, -0.05) is 30.3 Å². The number of aryl methyl sites for hydroxylation is 4. The van der Waals surface area contributed by atoms with E-state index in [4.69, 9.17) is 25.3 Å². The SMILES string of the molecule is Cc1cc(N=Nc2cc(C)c(N=Nc3ccc4cc(NC(=O)c5ccccc5O)ccc4c3O)cc2C)ccc1N=Nc1ccc(N=Nc2cc3c(S(=O)(=O)O)cccc3cc2S(=O)(=O)O)c(C)c1.O=S(=O)=O.O=S(=O)=O. The summed E-state index contributed by atoms with van der Waals surface area (Å²) in [5, 5.41) is 59.7. The third kappa shape index (κ3) is 15.2. The van der Waals surface area contributed by atoms with E-state index < -0.39 is 57.2 Å². The second kappa shape index (κ2) is 24.4. The molecule has 28 heteroatoms. The highest BCUT2D eigenvalue weighted by atomic mass is 32.2. The highest BCUT2D eigenvalue weighted by Gasteiger charge is 2.21. The van der Waals surface area contributed by atoms with E-state index in [1.165, 1.54) is 24.3 Å². The number of nitrogens with one attached hydrogen (secondary N) is 1. The Morgan fingerprint density at radius 1 is 0.442 bits per heavy atom. The number of azo groups is 4. The van der Waals surface area contributed by atoms with Crippen LogP contribution in [0, 0.1) is 27.7 Å². The first-order valence-corrected chi connectivity index (χ1v) is 26.6. The van der Waals surface area contributed by atoms with E-state index in [2.05, 4.69) is 46.2 Å². The van der Waals surface area contributed by atoms with Gasteiger partial charge in [0.1, 0.15) is 26.9 Å². The predicted molar refractivity (Wildman–Crippen MR) is 280 cm³/mol. The van der Waals surface area contributed by atoms with Crippen LogP contribution in [0.5, 0.6) is 11.5 Å². The Bertz CT molecular complexity index is 4230. The summed E-state index contributed by atoms with van der Waals surface area (Å²) in [5.74, 6) is -0.676. The molecule has 0 aromatic heterocycles. The molecule has 0 aliphatic carbocycles. The van der Waals surface area contributed by atoms with E-state index in [-0.39, 0.29) is 39.2 Å². The lowest BCUT2D eigenvalue weighted by Crippen LogP contribution is -2.11. The normalized spacial score (nSPS) is 11.7. The number of hydrogen-bond donors (Lipinski definition) is 5. The van der Waals surface area contributed by atoms with Crippen molar-refractivity contribution < 1.29 is 66.2 Å². The molecule has 0 spiro atoms. The van der Waals surface area contributed by atoms with Crippen LogP contribution < -0.4 is 5.32 Å². The largest absolute Gasteiger partial charge is 0.507 e. The van der Waals surface area contributed by atoms with Gasteiger partial charge in [0, 0.05) is 16.5 Å². The van der Waals surface area contributed by atoms with E-state index in [0.717, 1.165) is 34.9 Å². The lowest BCUT2D eigenvalue weighted by atomic mass is 10.1. The number of benzene rings is 8.